The van der Waals surface area contributed by atoms with Gasteiger partial charge in [0.1, 0.15) is 7.05 Å². The maximum Gasteiger partial charge on any atom is 0.389 e. The summed E-state index contributed by atoms with van der Waals surface area (Å²) in [6.07, 6.45) is 8.05. The van der Waals surface area contributed by atoms with E-state index < -0.39 is 0 Å². The number of nitrogens with zero attached hydrogens (tertiary/aromatic N) is 8. The van der Waals surface area contributed by atoms with E-state index in [0.717, 1.165) is 62.6 Å². The summed E-state index contributed by atoms with van der Waals surface area (Å²) in [6.45, 7) is 5.83. The Balaban J connectivity index is 0.000000103. The van der Waals surface area contributed by atoms with E-state index in [2.05, 4.69) is 31.2 Å². The number of oxazole rings is 3. The minimum Gasteiger partial charge on any atom is -0.401 e. The van der Waals surface area contributed by atoms with Crippen molar-refractivity contribution in [2.24, 2.45) is 21.1 Å². The van der Waals surface area contributed by atoms with Crippen LogP contribution in [0.25, 0.3) is 50.6 Å². The zero-order chi connectivity index (χ0) is 29.1. The lowest BCUT2D eigenvalue weighted by Gasteiger charge is -1.89. The first kappa shape index (κ1) is 25.5. The lowest BCUT2D eigenvalue weighted by molar-refractivity contribution is -0.659. The minimum atomic E-state index is 0.691. The van der Waals surface area contributed by atoms with Crippen LogP contribution in [0.1, 0.15) is 17.7 Å². The summed E-state index contributed by atoms with van der Waals surface area (Å²) in [6, 6.07) is 17.9. The second-order valence-corrected chi connectivity index (χ2v) is 10.2. The summed E-state index contributed by atoms with van der Waals surface area (Å²) in [5, 5.41) is 0. The number of aryl methyl sites for hydroxylation is 6. The number of imidazole rings is 2. The van der Waals surface area contributed by atoms with Gasteiger partial charge in [-0.15, -0.1) is 0 Å². The van der Waals surface area contributed by atoms with E-state index in [1.807, 2.05) is 127 Å². The van der Waals surface area contributed by atoms with Crippen molar-refractivity contribution in [1.29, 1.82) is 0 Å². The summed E-state index contributed by atoms with van der Waals surface area (Å²) < 4.78 is 28.9. The molecule has 210 valence electrons. The van der Waals surface area contributed by atoms with Crippen LogP contribution in [0, 0.1) is 20.8 Å². The molecule has 11 nitrogen and oxygen atoms in total. The molecular weight excluding hydrogens is 532 g/mol. The smallest absolute Gasteiger partial charge is 0.389 e. The Morgan fingerprint density at radius 2 is 1.29 bits per heavy atom. The number of aromatic nitrogens is 8. The molecule has 0 aliphatic heterocycles. The molecule has 0 N–H and O–H groups in total. The molecule has 11 heteroatoms. The lowest BCUT2D eigenvalue weighted by atomic mass is 10.4. The van der Waals surface area contributed by atoms with Gasteiger partial charge in [-0.25, -0.2) is 4.40 Å². The quantitative estimate of drug-likeness (QED) is 0.258. The fraction of sp³-hybridized carbons (Fsp3) is 0.194. The monoisotopic (exact) mass is 563 g/mol. The van der Waals surface area contributed by atoms with Crippen LogP contribution < -0.4 is 13.7 Å². The van der Waals surface area contributed by atoms with Gasteiger partial charge in [0.2, 0.25) is 11.2 Å². The van der Waals surface area contributed by atoms with E-state index in [0.29, 0.717) is 5.71 Å². The minimum absolute atomic E-state index is 0.691. The van der Waals surface area contributed by atoms with Gasteiger partial charge in [-0.1, -0.05) is 18.2 Å². The molecule has 0 spiro atoms. The Bertz CT molecular complexity index is 2270. The fourth-order valence-corrected chi connectivity index (χ4v) is 5.14. The molecule has 0 saturated carbocycles. The third-order valence-electron chi connectivity index (χ3n) is 7.71. The molecular formula is C31H31N8O3+3. The predicted molar refractivity (Wildman–Crippen MR) is 155 cm³/mol. The van der Waals surface area contributed by atoms with Crippen LogP contribution in [0.5, 0.6) is 0 Å². The summed E-state index contributed by atoms with van der Waals surface area (Å²) in [4.78, 5) is 8.84. The molecule has 0 saturated heterocycles. The Labute approximate surface area is 239 Å². The Morgan fingerprint density at radius 3 is 2.07 bits per heavy atom. The predicted octanol–water partition coefficient (Wildman–Crippen LogP) is 4.25. The topological polar surface area (TPSA) is 90.1 Å². The van der Waals surface area contributed by atoms with Crippen LogP contribution in [0.4, 0.5) is 0 Å². The first-order valence-corrected chi connectivity index (χ1v) is 13.6. The van der Waals surface area contributed by atoms with Gasteiger partial charge in [0.15, 0.2) is 0 Å². The number of rotatable bonds is 0. The number of fused-ring (bicyclic) bond motifs is 9. The maximum absolute atomic E-state index is 5.69. The molecule has 9 heterocycles. The lowest BCUT2D eigenvalue weighted by Crippen LogP contribution is -2.30. The van der Waals surface area contributed by atoms with Gasteiger partial charge in [-0.2, -0.15) is 23.1 Å². The van der Waals surface area contributed by atoms with Crippen LogP contribution in [0.15, 0.2) is 92.6 Å². The van der Waals surface area contributed by atoms with Gasteiger partial charge in [0.25, 0.3) is 22.9 Å². The summed E-state index contributed by atoms with van der Waals surface area (Å²) in [5.41, 5.74) is 8.42. The molecule has 0 fully saturated rings. The molecule has 0 aromatic carbocycles. The van der Waals surface area contributed by atoms with Crippen molar-refractivity contribution in [2.45, 2.75) is 20.8 Å². The number of hydrogen-bond acceptors (Lipinski definition) is 5. The summed E-state index contributed by atoms with van der Waals surface area (Å²) >= 11 is 0. The van der Waals surface area contributed by atoms with Crippen LogP contribution >= 0.6 is 0 Å². The third kappa shape index (κ3) is 3.92. The highest BCUT2D eigenvalue weighted by molar-refractivity contribution is 5.87. The normalized spacial score (nSPS) is 11.6. The highest BCUT2D eigenvalue weighted by atomic mass is 16.4. The van der Waals surface area contributed by atoms with Gasteiger partial charge in [0, 0.05) is 38.4 Å². The molecule has 0 amide bonds. The van der Waals surface area contributed by atoms with Gasteiger partial charge >= 0.3 is 28.6 Å². The highest BCUT2D eigenvalue weighted by Crippen LogP contribution is 2.21. The van der Waals surface area contributed by atoms with E-state index in [9.17, 15) is 0 Å². The van der Waals surface area contributed by atoms with E-state index in [4.69, 9.17) is 13.3 Å². The standard InChI is InChI=1S/C11H11N2O.2C10H10N3O/c1-8-12(2)10-7-13-6-4-3-5-9(13)11(10)14-8;1-7-12(2)10-9(14-7)11-8-5-3-4-6-13(8)10;1-7-12(2)9-10(14-7)13-6-4-3-5-8(13)11-9/h3-7H,1-2H3;2*3-6H,1-2H3/q3*+1. The van der Waals surface area contributed by atoms with E-state index in [1.54, 1.807) is 0 Å². The van der Waals surface area contributed by atoms with Crippen LogP contribution in [0.2, 0.25) is 0 Å². The first-order valence-electron chi connectivity index (χ1n) is 13.6. The molecule has 42 heavy (non-hydrogen) atoms. The second kappa shape index (κ2) is 9.58. The zero-order valence-electron chi connectivity index (χ0n) is 24.3. The highest BCUT2D eigenvalue weighted by Gasteiger charge is 2.22. The molecule has 0 bridgehead atoms. The van der Waals surface area contributed by atoms with Crippen molar-refractivity contribution in [3.63, 3.8) is 0 Å². The van der Waals surface area contributed by atoms with Gasteiger partial charge in [-0.05, 0) is 29.2 Å². The van der Waals surface area contributed by atoms with E-state index in [-0.39, 0.29) is 0 Å². The van der Waals surface area contributed by atoms with Gasteiger partial charge in [-0.3, -0.25) is 0 Å². The molecule has 0 aliphatic rings. The Kier molecular flexibility index (Phi) is 5.82. The largest absolute Gasteiger partial charge is 0.401 e. The van der Waals surface area contributed by atoms with Crippen molar-refractivity contribution in [3.05, 3.63) is 97.1 Å². The zero-order valence-corrected chi connectivity index (χ0v) is 24.3. The van der Waals surface area contributed by atoms with E-state index in [1.165, 1.54) is 0 Å². The molecule has 9 aromatic heterocycles. The number of hydrogen-bond donors (Lipinski definition) is 0. The molecule has 0 unspecified atom stereocenters. The average molecular weight is 564 g/mol. The Morgan fingerprint density at radius 1 is 0.643 bits per heavy atom. The second-order valence-electron chi connectivity index (χ2n) is 10.2. The van der Waals surface area contributed by atoms with Crippen molar-refractivity contribution in [3.8, 4) is 0 Å². The third-order valence-corrected chi connectivity index (χ3v) is 7.71. The molecule has 9 aromatic rings. The van der Waals surface area contributed by atoms with Gasteiger partial charge in [0.05, 0.1) is 38.9 Å². The molecule has 9 rings (SSSR count). The Hall–Kier alpha value is -5.45. The van der Waals surface area contributed by atoms with Gasteiger partial charge < -0.3 is 17.7 Å². The average Bonchev–Trinajstić information content (AvgIpc) is 3.81. The van der Waals surface area contributed by atoms with Crippen LogP contribution in [-0.4, -0.2) is 23.2 Å². The molecule has 0 atom stereocenters. The van der Waals surface area contributed by atoms with Crippen molar-refractivity contribution < 1.29 is 27.0 Å². The first-order chi connectivity index (χ1) is 20.3. The van der Waals surface area contributed by atoms with Crippen LogP contribution in [-0.2, 0) is 21.1 Å². The number of pyridine rings is 3. The van der Waals surface area contributed by atoms with Crippen LogP contribution in [0.3, 0.4) is 0 Å². The summed E-state index contributed by atoms with van der Waals surface area (Å²) in [7, 11) is 5.94. The molecule has 0 radical (unpaired) electrons. The SMILES string of the molecule is Cc1oc2c(nc3ccccn32)[n+]1C.Cc1oc2c3ccccn3cc2[n+]1C.Cc1oc2nc3ccccn3c2[n+]1C. The molecule has 0 aliphatic carbocycles. The maximum atomic E-state index is 5.69. The fourth-order valence-electron chi connectivity index (χ4n) is 5.14. The summed E-state index contributed by atoms with van der Waals surface area (Å²) in [5.74, 6) is 2.66. The van der Waals surface area contributed by atoms with Crippen molar-refractivity contribution >= 4 is 50.6 Å². The van der Waals surface area contributed by atoms with Crippen molar-refractivity contribution in [2.75, 3.05) is 0 Å². The van der Waals surface area contributed by atoms with Crippen molar-refractivity contribution in [1.82, 2.24) is 23.2 Å². The van der Waals surface area contributed by atoms with E-state index >= 15 is 0 Å².